The second kappa shape index (κ2) is 6.89. The Kier molecular flexibility index (Phi) is 4.68. The largest absolute Gasteiger partial charge is 0.291 e. The van der Waals surface area contributed by atoms with Gasteiger partial charge in [0.05, 0.1) is 20.6 Å². The van der Waals surface area contributed by atoms with Gasteiger partial charge >= 0.3 is 0 Å². The fourth-order valence-electron chi connectivity index (χ4n) is 1.90. The van der Waals surface area contributed by atoms with E-state index in [9.17, 15) is 4.79 Å². The lowest BCUT2D eigenvalue weighted by molar-refractivity contribution is 0.0950. The molecule has 0 aliphatic heterocycles. The SMILES string of the molecule is Cc1ccc(C=NNC(=O)c2cc(-c3ccc(Br)s3)[nH]n2)cc1. The highest BCUT2D eigenvalue weighted by Gasteiger charge is 2.11. The molecule has 0 fully saturated rings. The molecule has 2 heterocycles. The summed E-state index contributed by atoms with van der Waals surface area (Å²) in [5.74, 6) is -0.355. The van der Waals surface area contributed by atoms with Gasteiger partial charge in [-0.15, -0.1) is 11.3 Å². The molecule has 1 amide bonds. The lowest BCUT2D eigenvalue weighted by atomic mass is 10.2. The third-order valence-corrected chi connectivity index (χ3v) is 4.76. The number of hydrogen-bond donors (Lipinski definition) is 2. The van der Waals surface area contributed by atoms with Crippen LogP contribution in [0.2, 0.25) is 0 Å². The summed E-state index contributed by atoms with van der Waals surface area (Å²) in [6.45, 7) is 2.02. The summed E-state index contributed by atoms with van der Waals surface area (Å²) < 4.78 is 1.02. The van der Waals surface area contributed by atoms with Crippen LogP contribution in [0.25, 0.3) is 10.6 Å². The maximum absolute atomic E-state index is 12.0. The lowest BCUT2D eigenvalue weighted by Gasteiger charge is -1.96. The predicted molar refractivity (Wildman–Crippen MR) is 95.8 cm³/mol. The number of carbonyl (C=O) groups is 1. The third kappa shape index (κ3) is 3.94. The molecule has 0 aliphatic carbocycles. The maximum atomic E-state index is 12.0. The number of nitrogens with zero attached hydrogens (tertiary/aromatic N) is 2. The van der Waals surface area contributed by atoms with Crippen molar-refractivity contribution in [2.45, 2.75) is 6.92 Å². The molecule has 23 heavy (non-hydrogen) atoms. The Hall–Kier alpha value is -2.25. The van der Waals surface area contributed by atoms with E-state index >= 15 is 0 Å². The highest BCUT2D eigenvalue weighted by Crippen LogP contribution is 2.30. The van der Waals surface area contributed by atoms with E-state index in [-0.39, 0.29) is 5.91 Å². The quantitative estimate of drug-likeness (QED) is 0.524. The first-order valence-corrected chi connectivity index (χ1v) is 8.44. The molecule has 5 nitrogen and oxygen atoms in total. The van der Waals surface area contributed by atoms with Crippen LogP contribution in [0.5, 0.6) is 0 Å². The van der Waals surface area contributed by atoms with Crippen LogP contribution in [0.4, 0.5) is 0 Å². The zero-order valence-electron chi connectivity index (χ0n) is 12.2. The number of aromatic nitrogens is 2. The molecule has 2 aromatic heterocycles. The lowest BCUT2D eigenvalue weighted by Crippen LogP contribution is -2.17. The molecule has 116 valence electrons. The van der Waals surface area contributed by atoms with Crippen molar-refractivity contribution < 1.29 is 4.79 Å². The van der Waals surface area contributed by atoms with Crippen LogP contribution in [0, 0.1) is 6.92 Å². The highest BCUT2D eigenvalue weighted by atomic mass is 79.9. The number of amides is 1. The van der Waals surface area contributed by atoms with Gasteiger partial charge in [-0.2, -0.15) is 10.2 Å². The minimum Gasteiger partial charge on any atom is -0.276 e. The number of carbonyl (C=O) groups excluding carboxylic acids is 1. The van der Waals surface area contributed by atoms with E-state index in [0.29, 0.717) is 5.69 Å². The van der Waals surface area contributed by atoms with Gasteiger partial charge in [0, 0.05) is 0 Å². The number of benzene rings is 1. The molecule has 0 saturated heterocycles. The van der Waals surface area contributed by atoms with Crippen LogP contribution in [-0.4, -0.2) is 22.3 Å². The average Bonchev–Trinajstić information content (AvgIpc) is 3.18. The molecule has 3 aromatic rings. The minimum absolute atomic E-state index is 0.297. The number of halogens is 1. The average molecular weight is 389 g/mol. The van der Waals surface area contributed by atoms with E-state index < -0.39 is 0 Å². The molecular weight excluding hydrogens is 376 g/mol. The van der Waals surface area contributed by atoms with E-state index in [4.69, 9.17) is 0 Å². The van der Waals surface area contributed by atoms with Crippen molar-refractivity contribution in [3.8, 4) is 10.6 Å². The number of aryl methyl sites for hydroxylation is 1. The molecule has 2 N–H and O–H groups in total. The molecule has 1 aromatic carbocycles. The summed E-state index contributed by atoms with van der Waals surface area (Å²) in [5, 5.41) is 10.8. The summed E-state index contributed by atoms with van der Waals surface area (Å²) in [4.78, 5) is 13.0. The van der Waals surface area contributed by atoms with Crippen molar-refractivity contribution in [2.75, 3.05) is 0 Å². The summed E-state index contributed by atoms with van der Waals surface area (Å²) in [6.07, 6.45) is 1.60. The fourth-order valence-corrected chi connectivity index (χ4v) is 3.25. The third-order valence-electron chi connectivity index (χ3n) is 3.11. The van der Waals surface area contributed by atoms with Crippen molar-refractivity contribution in [1.29, 1.82) is 0 Å². The van der Waals surface area contributed by atoms with Crippen LogP contribution in [0.1, 0.15) is 21.6 Å². The Balaban J connectivity index is 1.64. The number of aromatic amines is 1. The van der Waals surface area contributed by atoms with Gasteiger partial charge in [0.2, 0.25) is 0 Å². The minimum atomic E-state index is -0.355. The first kappa shape index (κ1) is 15.6. The van der Waals surface area contributed by atoms with E-state index in [1.54, 1.807) is 23.6 Å². The van der Waals surface area contributed by atoms with Gasteiger partial charge in [-0.3, -0.25) is 9.89 Å². The second-order valence-corrected chi connectivity index (χ2v) is 7.34. The normalized spacial score (nSPS) is 11.0. The summed E-state index contributed by atoms with van der Waals surface area (Å²) >= 11 is 4.98. The number of H-pyrrole nitrogens is 1. The van der Waals surface area contributed by atoms with Gasteiger partial charge in [-0.25, -0.2) is 5.43 Å². The van der Waals surface area contributed by atoms with Gasteiger partial charge in [0.15, 0.2) is 5.69 Å². The monoisotopic (exact) mass is 388 g/mol. The molecule has 3 rings (SSSR count). The van der Waals surface area contributed by atoms with E-state index in [1.165, 1.54) is 5.56 Å². The van der Waals surface area contributed by atoms with Crippen LogP contribution >= 0.6 is 27.3 Å². The number of hydrogen-bond acceptors (Lipinski definition) is 4. The molecule has 7 heteroatoms. The van der Waals surface area contributed by atoms with Gasteiger partial charge < -0.3 is 0 Å². The first-order valence-electron chi connectivity index (χ1n) is 6.83. The molecule has 0 bridgehead atoms. The van der Waals surface area contributed by atoms with Crippen molar-refractivity contribution in [2.24, 2.45) is 5.10 Å². The molecule has 0 radical (unpaired) electrons. The Bertz CT molecular complexity index is 851. The van der Waals surface area contributed by atoms with Crippen molar-refractivity contribution in [3.63, 3.8) is 0 Å². The zero-order valence-corrected chi connectivity index (χ0v) is 14.6. The van der Waals surface area contributed by atoms with E-state index in [0.717, 1.165) is 19.9 Å². The van der Waals surface area contributed by atoms with Crippen molar-refractivity contribution in [3.05, 3.63) is 63.1 Å². The smallest absolute Gasteiger partial charge is 0.276 e. The van der Waals surface area contributed by atoms with Crippen LogP contribution in [-0.2, 0) is 0 Å². The summed E-state index contributed by atoms with van der Waals surface area (Å²) in [5.41, 5.74) is 5.67. The predicted octanol–water partition coefficient (Wildman–Crippen LogP) is 3.97. The zero-order chi connectivity index (χ0) is 16.2. The van der Waals surface area contributed by atoms with E-state index in [2.05, 4.69) is 36.7 Å². The van der Waals surface area contributed by atoms with Gasteiger partial charge in [0.25, 0.3) is 5.91 Å². The van der Waals surface area contributed by atoms with Crippen LogP contribution < -0.4 is 5.43 Å². The standard InChI is InChI=1S/C16H13BrN4OS/c1-10-2-4-11(5-3-10)9-18-21-16(22)13-8-12(19-20-13)14-6-7-15(17)23-14/h2-9H,1H3,(H,19,20)(H,21,22). The molecular formula is C16H13BrN4OS. The number of thiophene rings is 1. The van der Waals surface area contributed by atoms with Gasteiger partial charge in [0.1, 0.15) is 0 Å². The number of rotatable bonds is 4. The Labute approximate surface area is 145 Å². The topological polar surface area (TPSA) is 70.1 Å². The number of nitrogens with one attached hydrogen (secondary N) is 2. The second-order valence-electron chi connectivity index (χ2n) is 4.88. The van der Waals surface area contributed by atoms with Crippen molar-refractivity contribution in [1.82, 2.24) is 15.6 Å². The van der Waals surface area contributed by atoms with Gasteiger partial charge in [-0.1, -0.05) is 29.8 Å². The molecule has 0 unspecified atom stereocenters. The molecule has 0 spiro atoms. The highest BCUT2D eigenvalue weighted by molar-refractivity contribution is 9.11. The summed E-state index contributed by atoms with van der Waals surface area (Å²) in [6, 6.07) is 13.5. The Morgan fingerprint density at radius 2 is 2.09 bits per heavy atom. The Morgan fingerprint density at radius 1 is 1.30 bits per heavy atom. The van der Waals surface area contributed by atoms with Crippen LogP contribution in [0.15, 0.2) is 51.4 Å². The molecule has 0 saturated carbocycles. The van der Waals surface area contributed by atoms with E-state index in [1.807, 2.05) is 43.3 Å². The summed E-state index contributed by atoms with van der Waals surface area (Å²) in [7, 11) is 0. The molecule has 0 aliphatic rings. The first-order chi connectivity index (χ1) is 11.1. The van der Waals surface area contributed by atoms with Crippen molar-refractivity contribution >= 4 is 39.4 Å². The number of hydrazone groups is 1. The molecule has 0 atom stereocenters. The Morgan fingerprint density at radius 3 is 2.78 bits per heavy atom. The fraction of sp³-hybridized carbons (Fsp3) is 0.0625. The van der Waals surface area contributed by atoms with Crippen LogP contribution in [0.3, 0.4) is 0 Å². The maximum Gasteiger partial charge on any atom is 0.291 e. The van der Waals surface area contributed by atoms with Gasteiger partial charge in [-0.05, 0) is 46.6 Å².